The fourth-order valence-corrected chi connectivity index (χ4v) is 2.69. The number of benzene rings is 1. The Kier molecular flexibility index (Phi) is 5.22. The van der Waals surface area contributed by atoms with Crippen LogP contribution in [0.4, 0.5) is 0 Å². The molecule has 1 unspecified atom stereocenters. The molecule has 0 radical (unpaired) electrons. The van der Waals surface area contributed by atoms with Crippen LogP contribution in [0.15, 0.2) is 28.7 Å². The molecule has 0 bridgehead atoms. The third-order valence-electron chi connectivity index (χ3n) is 3.69. The third-order valence-corrected chi connectivity index (χ3v) is 4.19. The average molecular weight is 311 g/mol. The van der Waals surface area contributed by atoms with Crippen LogP contribution in [0.3, 0.4) is 0 Å². The lowest BCUT2D eigenvalue weighted by Gasteiger charge is -2.22. The molecule has 1 aromatic carbocycles. The summed E-state index contributed by atoms with van der Waals surface area (Å²) >= 11 is 3.50. The van der Waals surface area contributed by atoms with Crippen molar-refractivity contribution in [2.45, 2.75) is 32.2 Å². The molecule has 1 aliphatic rings. The van der Waals surface area contributed by atoms with E-state index in [1.165, 1.54) is 24.9 Å². The highest BCUT2D eigenvalue weighted by Crippen LogP contribution is 2.30. The molecule has 0 aromatic heterocycles. The van der Waals surface area contributed by atoms with Gasteiger partial charge in [-0.25, -0.2) is 0 Å². The number of halogens is 1. The molecular weight excluding hydrogens is 288 g/mol. The van der Waals surface area contributed by atoms with Crippen molar-refractivity contribution < 1.29 is 0 Å². The van der Waals surface area contributed by atoms with Gasteiger partial charge in [-0.3, -0.25) is 0 Å². The quantitative estimate of drug-likeness (QED) is 0.834. The van der Waals surface area contributed by atoms with Gasteiger partial charge in [-0.2, -0.15) is 0 Å². The molecule has 2 N–H and O–H groups in total. The van der Waals surface area contributed by atoms with Crippen LogP contribution in [-0.2, 0) is 0 Å². The lowest BCUT2D eigenvalue weighted by molar-refractivity contribution is 0.266. The average Bonchev–Trinajstić information content (AvgIpc) is 3.18. The first-order valence-electron chi connectivity index (χ1n) is 6.92. The van der Waals surface area contributed by atoms with Gasteiger partial charge in [-0.1, -0.05) is 35.0 Å². The lowest BCUT2D eigenvalue weighted by Crippen LogP contribution is -2.29. The first kappa shape index (κ1) is 14.0. The minimum Gasteiger partial charge on any atom is -0.324 e. The molecule has 1 aliphatic carbocycles. The second-order valence-corrected chi connectivity index (χ2v) is 6.20. The van der Waals surface area contributed by atoms with Crippen molar-refractivity contribution in [2.75, 3.05) is 19.6 Å². The van der Waals surface area contributed by atoms with Crippen LogP contribution < -0.4 is 5.73 Å². The van der Waals surface area contributed by atoms with E-state index in [1.807, 2.05) is 6.07 Å². The SMILES string of the molecule is CCN(CCC(N)c1cccc(Br)c1)CC1CC1. The molecule has 0 saturated heterocycles. The maximum Gasteiger partial charge on any atom is 0.0307 e. The van der Waals surface area contributed by atoms with Gasteiger partial charge in [0.05, 0.1) is 0 Å². The zero-order valence-electron chi connectivity index (χ0n) is 11.1. The molecule has 1 atom stereocenters. The van der Waals surface area contributed by atoms with Crippen molar-refractivity contribution in [3.8, 4) is 0 Å². The Morgan fingerprint density at radius 1 is 1.44 bits per heavy atom. The number of hydrogen-bond donors (Lipinski definition) is 1. The van der Waals surface area contributed by atoms with E-state index in [1.54, 1.807) is 0 Å². The molecular formula is C15H23BrN2. The molecule has 0 spiro atoms. The predicted molar refractivity (Wildman–Crippen MR) is 80.5 cm³/mol. The van der Waals surface area contributed by atoms with Gasteiger partial charge in [0.2, 0.25) is 0 Å². The minimum atomic E-state index is 0.149. The van der Waals surface area contributed by atoms with E-state index in [-0.39, 0.29) is 6.04 Å². The second-order valence-electron chi connectivity index (χ2n) is 5.29. The van der Waals surface area contributed by atoms with Crippen molar-refractivity contribution in [1.82, 2.24) is 4.90 Å². The highest BCUT2D eigenvalue weighted by Gasteiger charge is 2.23. The molecule has 1 aromatic rings. The highest BCUT2D eigenvalue weighted by atomic mass is 79.9. The van der Waals surface area contributed by atoms with Gasteiger partial charge in [-0.15, -0.1) is 0 Å². The van der Waals surface area contributed by atoms with Crippen LogP contribution in [0.5, 0.6) is 0 Å². The Balaban J connectivity index is 1.80. The molecule has 1 fully saturated rings. The largest absolute Gasteiger partial charge is 0.324 e. The van der Waals surface area contributed by atoms with Gasteiger partial charge in [-0.05, 0) is 56.0 Å². The van der Waals surface area contributed by atoms with Crippen LogP contribution in [0.25, 0.3) is 0 Å². The predicted octanol–water partition coefficient (Wildman–Crippen LogP) is 3.57. The summed E-state index contributed by atoms with van der Waals surface area (Å²) in [6.07, 6.45) is 3.89. The second kappa shape index (κ2) is 6.69. The van der Waals surface area contributed by atoms with Gasteiger partial charge < -0.3 is 10.6 Å². The van der Waals surface area contributed by atoms with Crippen molar-refractivity contribution in [1.29, 1.82) is 0 Å². The van der Waals surface area contributed by atoms with E-state index in [4.69, 9.17) is 5.73 Å². The van der Waals surface area contributed by atoms with Crippen LogP contribution in [0, 0.1) is 5.92 Å². The summed E-state index contributed by atoms with van der Waals surface area (Å²) in [6, 6.07) is 8.49. The van der Waals surface area contributed by atoms with E-state index in [9.17, 15) is 0 Å². The van der Waals surface area contributed by atoms with E-state index in [0.29, 0.717) is 0 Å². The Bertz CT molecular complexity index is 377. The topological polar surface area (TPSA) is 29.3 Å². The number of rotatable bonds is 7. The standard InChI is InChI=1S/C15H23BrN2/c1-2-18(11-12-6-7-12)9-8-15(17)13-4-3-5-14(16)10-13/h3-5,10,12,15H,2,6-9,11,17H2,1H3. The summed E-state index contributed by atoms with van der Waals surface area (Å²) in [5.74, 6) is 0.965. The van der Waals surface area contributed by atoms with Crippen molar-refractivity contribution in [3.63, 3.8) is 0 Å². The van der Waals surface area contributed by atoms with Crippen molar-refractivity contribution in [3.05, 3.63) is 34.3 Å². The van der Waals surface area contributed by atoms with Crippen LogP contribution in [0.1, 0.15) is 37.8 Å². The number of hydrogen-bond acceptors (Lipinski definition) is 2. The molecule has 18 heavy (non-hydrogen) atoms. The molecule has 2 rings (SSSR count). The van der Waals surface area contributed by atoms with Gasteiger partial charge in [0.1, 0.15) is 0 Å². The minimum absolute atomic E-state index is 0.149. The Labute approximate surface area is 119 Å². The summed E-state index contributed by atoms with van der Waals surface area (Å²) in [4.78, 5) is 2.54. The van der Waals surface area contributed by atoms with Crippen LogP contribution in [-0.4, -0.2) is 24.5 Å². The molecule has 100 valence electrons. The van der Waals surface area contributed by atoms with Gasteiger partial charge in [0, 0.05) is 17.1 Å². The van der Waals surface area contributed by atoms with E-state index < -0.39 is 0 Å². The summed E-state index contributed by atoms with van der Waals surface area (Å²) in [7, 11) is 0. The highest BCUT2D eigenvalue weighted by molar-refractivity contribution is 9.10. The molecule has 0 aliphatic heterocycles. The third kappa shape index (κ3) is 4.38. The molecule has 1 saturated carbocycles. The normalized spacial score (nSPS) is 17.1. The van der Waals surface area contributed by atoms with Gasteiger partial charge in [0.15, 0.2) is 0 Å². The van der Waals surface area contributed by atoms with Crippen LogP contribution >= 0.6 is 15.9 Å². The van der Waals surface area contributed by atoms with Gasteiger partial charge >= 0.3 is 0 Å². The summed E-state index contributed by atoms with van der Waals surface area (Å²) in [5, 5.41) is 0. The van der Waals surface area contributed by atoms with Crippen molar-refractivity contribution in [2.24, 2.45) is 11.7 Å². The van der Waals surface area contributed by atoms with Gasteiger partial charge in [0.25, 0.3) is 0 Å². The maximum atomic E-state index is 6.27. The zero-order chi connectivity index (χ0) is 13.0. The molecule has 3 heteroatoms. The smallest absolute Gasteiger partial charge is 0.0307 e. The summed E-state index contributed by atoms with van der Waals surface area (Å²) in [5.41, 5.74) is 7.49. The molecule has 0 amide bonds. The van der Waals surface area contributed by atoms with Crippen LogP contribution in [0.2, 0.25) is 0 Å². The first-order chi connectivity index (χ1) is 8.69. The maximum absolute atomic E-state index is 6.27. The number of nitrogens with zero attached hydrogens (tertiary/aromatic N) is 1. The Hall–Kier alpha value is -0.380. The summed E-state index contributed by atoms with van der Waals surface area (Å²) < 4.78 is 1.11. The van der Waals surface area contributed by atoms with E-state index in [2.05, 4.69) is 46.0 Å². The monoisotopic (exact) mass is 310 g/mol. The Morgan fingerprint density at radius 3 is 2.83 bits per heavy atom. The first-order valence-corrected chi connectivity index (χ1v) is 7.71. The lowest BCUT2D eigenvalue weighted by atomic mass is 10.0. The Morgan fingerprint density at radius 2 is 2.22 bits per heavy atom. The summed E-state index contributed by atoms with van der Waals surface area (Å²) in [6.45, 7) is 5.76. The fraction of sp³-hybridized carbons (Fsp3) is 0.600. The molecule has 2 nitrogen and oxygen atoms in total. The van der Waals surface area contributed by atoms with E-state index in [0.717, 1.165) is 29.9 Å². The number of nitrogens with two attached hydrogens (primary N) is 1. The van der Waals surface area contributed by atoms with Crippen molar-refractivity contribution >= 4 is 15.9 Å². The molecule has 0 heterocycles. The zero-order valence-corrected chi connectivity index (χ0v) is 12.7. The fourth-order valence-electron chi connectivity index (χ4n) is 2.27. The van der Waals surface area contributed by atoms with E-state index >= 15 is 0 Å².